The number of carboxylic acids is 1. The standard InChI is InChI=1S/C24H34O4/c1-3-15-13-16-14-17(25)5-6-18(16)19-7-10-23(4-2)20(22(15)19)8-11-24(23,28)12-9-21(26)27/h9,12,14-15,18-20,22,28H,3-8,10-11,13H2,1-2H3,(H,26,27)/b12-9-/t15-,18+,19-,20+,22-,23+,24-/m1/s1. The molecule has 4 aliphatic carbocycles. The molecule has 7 atom stereocenters. The Morgan fingerprint density at radius 2 is 2.04 bits per heavy atom. The summed E-state index contributed by atoms with van der Waals surface area (Å²) in [7, 11) is 0. The zero-order valence-electron chi connectivity index (χ0n) is 17.2. The largest absolute Gasteiger partial charge is 0.478 e. The molecule has 0 aromatic rings. The van der Waals surface area contributed by atoms with Crippen molar-refractivity contribution in [1.29, 1.82) is 0 Å². The molecule has 4 heteroatoms. The van der Waals surface area contributed by atoms with Crippen molar-refractivity contribution in [1.82, 2.24) is 0 Å². The van der Waals surface area contributed by atoms with Gasteiger partial charge in [0, 0.05) is 17.9 Å². The number of fused-ring (bicyclic) bond motifs is 5. The molecule has 0 radical (unpaired) electrons. The maximum absolute atomic E-state index is 12.0. The lowest BCUT2D eigenvalue weighted by atomic mass is 9.47. The third kappa shape index (κ3) is 2.82. The van der Waals surface area contributed by atoms with Crippen LogP contribution in [0.2, 0.25) is 0 Å². The molecule has 0 unspecified atom stereocenters. The Morgan fingerprint density at radius 1 is 1.25 bits per heavy atom. The van der Waals surface area contributed by atoms with Gasteiger partial charge < -0.3 is 10.2 Å². The Labute approximate surface area is 168 Å². The first-order valence-electron chi connectivity index (χ1n) is 11.2. The Balaban J connectivity index is 1.71. The molecule has 0 aromatic carbocycles. The van der Waals surface area contributed by atoms with Crippen molar-refractivity contribution < 1.29 is 19.8 Å². The normalized spacial score (nSPS) is 45.3. The third-order valence-corrected chi connectivity index (χ3v) is 9.03. The van der Waals surface area contributed by atoms with Crippen molar-refractivity contribution in [3.05, 3.63) is 23.8 Å². The maximum atomic E-state index is 12.0. The van der Waals surface area contributed by atoms with Gasteiger partial charge in [0.05, 0.1) is 5.60 Å². The van der Waals surface area contributed by atoms with E-state index < -0.39 is 11.6 Å². The Bertz CT molecular complexity index is 722. The number of carbonyl (C=O) groups is 2. The number of hydrogen-bond acceptors (Lipinski definition) is 3. The third-order valence-electron chi connectivity index (χ3n) is 9.03. The molecule has 0 spiro atoms. The number of carboxylic acid groups (broad SMARTS) is 1. The zero-order valence-corrected chi connectivity index (χ0v) is 17.2. The van der Waals surface area contributed by atoms with E-state index in [1.54, 1.807) is 6.08 Å². The van der Waals surface area contributed by atoms with Crippen molar-refractivity contribution >= 4 is 11.8 Å². The van der Waals surface area contributed by atoms with E-state index in [2.05, 4.69) is 13.8 Å². The van der Waals surface area contributed by atoms with Gasteiger partial charge in [-0.1, -0.05) is 25.8 Å². The van der Waals surface area contributed by atoms with Crippen molar-refractivity contribution in [2.75, 3.05) is 0 Å². The minimum Gasteiger partial charge on any atom is -0.478 e. The van der Waals surface area contributed by atoms with Gasteiger partial charge in [0.2, 0.25) is 0 Å². The first-order chi connectivity index (χ1) is 13.3. The van der Waals surface area contributed by atoms with E-state index in [1.807, 2.05) is 6.08 Å². The summed E-state index contributed by atoms with van der Waals surface area (Å²) in [5.41, 5.74) is 0.179. The van der Waals surface area contributed by atoms with Gasteiger partial charge in [-0.3, -0.25) is 4.79 Å². The molecule has 0 amide bonds. The van der Waals surface area contributed by atoms with Crippen LogP contribution in [0.4, 0.5) is 0 Å². The van der Waals surface area contributed by atoms with Crippen LogP contribution < -0.4 is 0 Å². The number of aliphatic carboxylic acids is 1. The first-order valence-corrected chi connectivity index (χ1v) is 11.2. The zero-order chi connectivity index (χ0) is 20.1. The molecule has 2 N–H and O–H groups in total. The van der Waals surface area contributed by atoms with Gasteiger partial charge in [0.25, 0.3) is 0 Å². The second kappa shape index (κ2) is 7.12. The average Bonchev–Trinajstić information content (AvgIpc) is 2.98. The van der Waals surface area contributed by atoms with Crippen LogP contribution in [-0.2, 0) is 9.59 Å². The minimum atomic E-state index is -1.01. The highest BCUT2D eigenvalue weighted by Crippen LogP contribution is 2.67. The molecule has 0 bridgehead atoms. The number of ketones is 1. The van der Waals surface area contributed by atoms with E-state index in [1.165, 1.54) is 5.57 Å². The van der Waals surface area contributed by atoms with E-state index in [0.717, 1.165) is 51.0 Å². The van der Waals surface area contributed by atoms with E-state index in [0.29, 0.717) is 48.2 Å². The molecule has 4 nitrogen and oxygen atoms in total. The summed E-state index contributed by atoms with van der Waals surface area (Å²) in [6, 6.07) is 0. The summed E-state index contributed by atoms with van der Waals surface area (Å²) in [6.07, 6.45) is 13.1. The molecule has 28 heavy (non-hydrogen) atoms. The molecule has 4 aliphatic rings. The van der Waals surface area contributed by atoms with Gasteiger partial charge in [0.15, 0.2) is 5.78 Å². The number of aliphatic hydroxyl groups is 1. The fourth-order valence-electron chi connectivity index (χ4n) is 7.87. The topological polar surface area (TPSA) is 74.6 Å². The van der Waals surface area contributed by atoms with Crippen LogP contribution in [0.25, 0.3) is 0 Å². The Morgan fingerprint density at radius 3 is 2.71 bits per heavy atom. The SMILES string of the molecule is CC[C@@H]1CC2=CC(=O)CC[C@@H]2[C@H]2CC[C@@]3(CC)[C@@H](CC[C@@]3(O)/C=C\C(=O)O)[C@H]12. The Hall–Kier alpha value is -1.42. The van der Waals surface area contributed by atoms with E-state index >= 15 is 0 Å². The second-order valence-electron chi connectivity index (χ2n) is 9.73. The number of carbonyl (C=O) groups excluding carboxylic acids is 1. The molecule has 4 rings (SSSR count). The van der Waals surface area contributed by atoms with Crippen molar-refractivity contribution in [3.63, 3.8) is 0 Å². The van der Waals surface area contributed by atoms with E-state index in [4.69, 9.17) is 5.11 Å². The molecule has 0 aliphatic heterocycles. The summed E-state index contributed by atoms with van der Waals surface area (Å²) in [5.74, 6) is 2.08. The summed E-state index contributed by atoms with van der Waals surface area (Å²) >= 11 is 0. The maximum Gasteiger partial charge on any atom is 0.328 e. The van der Waals surface area contributed by atoms with Crippen molar-refractivity contribution in [2.45, 2.75) is 77.2 Å². The summed E-state index contributed by atoms with van der Waals surface area (Å²) in [4.78, 5) is 23.1. The van der Waals surface area contributed by atoms with Gasteiger partial charge in [-0.05, 0) is 86.7 Å². The molecule has 0 heterocycles. The van der Waals surface area contributed by atoms with Crippen LogP contribution in [0.5, 0.6) is 0 Å². The highest BCUT2D eigenvalue weighted by molar-refractivity contribution is 5.91. The fourth-order valence-corrected chi connectivity index (χ4v) is 7.87. The van der Waals surface area contributed by atoms with Crippen molar-refractivity contribution in [3.8, 4) is 0 Å². The monoisotopic (exact) mass is 386 g/mol. The van der Waals surface area contributed by atoms with Crippen molar-refractivity contribution in [2.24, 2.45) is 35.0 Å². The number of rotatable bonds is 4. The van der Waals surface area contributed by atoms with Gasteiger partial charge in [-0.15, -0.1) is 0 Å². The van der Waals surface area contributed by atoms with E-state index in [9.17, 15) is 14.7 Å². The number of allylic oxidation sites excluding steroid dienone is 1. The van der Waals surface area contributed by atoms with Crippen LogP contribution >= 0.6 is 0 Å². The lowest BCUT2D eigenvalue weighted by Gasteiger charge is -2.58. The molecule has 154 valence electrons. The van der Waals surface area contributed by atoms with Crippen LogP contribution in [0, 0.1) is 35.0 Å². The van der Waals surface area contributed by atoms with Gasteiger partial charge in [-0.25, -0.2) is 4.79 Å². The summed E-state index contributed by atoms with van der Waals surface area (Å²) in [5, 5.41) is 20.7. The predicted molar refractivity (Wildman–Crippen MR) is 108 cm³/mol. The molecule has 3 saturated carbocycles. The molecule has 0 saturated heterocycles. The smallest absolute Gasteiger partial charge is 0.328 e. The molecular weight excluding hydrogens is 352 g/mol. The van der Waals surface area contributed by atoms with Crippen LogP contribution in [0.3, 0.4) is 0 Å². The van der Waals surface area contributed by atoms with Gasteiger partial charge in [0.1, 0.15) is 0 Å². The molecule has 0 aromatic heterocycles. The van der Waals surface area contributed by atoms with E-state index in [-0.39, 0.29) is 5.41 Å². The van der Waals surface area contributed by atoms with Gasteiger partial charge in [-0.2, -0.15) is 0 Å². The molecule has 3 fully saturated rings. The lowest BCUT2D eigenvalue weighted by Crippen LogP contribution is -2.55. The predicted octanol–water partition coefficient (Wildman–Crippen LogP) is 4.53. The summed E-state index contributed by atoms with van der Waals surface area (Å²) in [6.45, 7) is 4.44. The highest BCUT2D eigenvalue weighted by Gasteiger charge is 2.64. The average molecular weight is 387 g/mol. The quantitative estimate of drug-likeness (QED) is 0.696. The lowest BCUT2D eigenvalue weighted by molar-refractivity contribution is -0.132. The number of hydrogen-bond donors (Lipinski definition) is 2. The van der Waals surface area contributed by atoms with Gasteiger partial charge >= 0.3 is 5.97 Å². The molecular formula is C24H34O4. The fraction of sp³-hybridized carbons (Fsp3) is 0.750. The minimum absolute atomic E-state index is 0.209. The first kappa shape index (κ1) is 19.9. The second-order valence-corrected chi connectivity index (χ2v) is 9.73. The Kier molecular flexibility index (Phi) is 5.06. The highest BCUT2D eigenvalue weighted by atomic mass is 16.4. The van der Waals surface area contributed by atoms with Crippen LogP contribution in [-0.4, -0.2) is 27.6 Å². The van der Waals surface area contributed by atoms with Crippen LogP contribution in [0.1, 0.15) is 71.6 Å². The summed E-state index contributed by atoms with van der Waals surface area (Å²) < 4.78 is 0. The van der Waals surface area contributed by atoms with Crippen LogP contribution in [0.15, 0.2) is 23.8 Å².